The summed E-state index contributed by atoms with van der Waals surface area (Å²) in [5, 5.41) is 9.80. The minimum absolute atomic E-state index is 0.184. The molecule has 0 aliphatic carbocycles. The van der Waals surface area contributed by atoms with Crippen molar-refractivity contribution in [3.63, 3.8) is 0 Å². The lowest BCUT2D eigenvalue weighted by Crippen LogP contribution is -2.12. The van der Waals surface area contributed by atoms with Crippen molar-refractivity contribution in [2.24, 2.45) is 5.92 Å². The fourth-order valence-electron chi connectivity index (χ4n) is 1.96. The predicted octanol–water partition coefficient (Wildman–Crippen LogP) is 3.40. The molecule has 0 saturated heterocycles. The molecule has 2 atom stereocenters. The minimum atomic E-state index is -0.184. The first-order valence-corrected chi connectivity index (χ1v) is 5.92. The monoisotopic (exact) mass is 210 g/mol. The first-order valence-electron chi connectivity index (χ1n) is 5.92. The van der Waals surface area contributed by atoms with Gasteiger partial charge in [-0.15, -0.1) is 0 Å². The maximum Gasteiger partial charge on any atom is 0.103 e. The average Bonchev–Trinajstić information content (AvgIpc) is 2.67. The maximum absolute atomic E-state index is 9.80. The number of hydrogen-bond acceptors (Lipinski definition) is 2. The van der Waals surface area contributed by atoms with Crippen LogP contribution in [0.1, 0.15) is 45.3 Å². The molecule has 0 amide bonds. The summed E-state index contributed by atoms with van der Waals surface area (Å²) in [7, 11) is 0. The molecule has 2 nitrogen and oxygen atoms in total. The van der Waals surface area contributed by atoms with Gasteiger partial charge in [0.2, 0.25) is 0 Å². The summed E-state index contributed by atoms with van der Waals surface area (Å²) in [4.78, 5) is 0. The Morgan fingerprint density at radius 1 is 1.40 bits per heavy atom. The Morgan fingerprint density at radius 3 is 2.80 bits per heavy atom. The van der Waals surface area contributed by atoms with Gasteiger partial charge in [-0.3, -0.25) is 0 Å². The zero-order valence-corrected chi connectivity index (χ0v) is 9.78. The molecule has 0 bridgehead atoms. The van der Waals surface area contributed by atoms with Crippen molar-refractivity contribution in [2.45, 2.75) is 52.1 Å². The summed E-state index contributed by atoms with van der Waals surface area (Å²) >= 11 is 0. The topological polar surface area (TPSA) is 33.4 Å². The SMILES string of the molecule is CCCC(C)CC(O)CCc1ccco1. The number of aryl methyl sites for hydroxylation is 1. The summed E-state index contributed by atoms with van der Waals surface area (Å²) in [6.07, 6.45) is 6.46. The smallest absolute Gasteiger partial charge is 0.103 e. The number of aliphatic hydroxyl groups excluding tert-OH is 1. The van der Waals surface area contributed by atoms with Gasteiger partial charge in [0.05, 0.1) is 12.4 Å². The molecule has 0 radical (unpaired) electrons. The quantitative estimate of drug-likeness (QED) is 0.748. The van der Waals surface area contributed by atoms with Crippen LogP contribution in [0.4, 0.5) is 0 Å². The molecule has 1 aromatic rings. The minimum Gasteiger partial charge on any atom is -0.469 e. The van der Waals surface area contributed by atoms with Crippen molar-refractivity contribution in [1.82, 2.24) is 0 Å². The molecule has 2 heteroatoms. The number of rotatable bonds is 7. The molecule has 1 N–H and O–H groups in total. The average molecular weight is 210 g/mol. The van der Waals surface area contributed by atoms with E-state index in [0.717, 1.165) is 25.0 Å². The van der Waals surface area contributed by atoms with Gasteiger partial charge in [0, 0.05) is 6.42 Å². The number of aliphatic hydroxyl groups is 1. The zero-order chi connectivity index (χ0) is 11.1. The zero-order valence-electron chi connectivity index (χ0n) is 9.78. The van der Waals surface area contributed by atoms with Crippen LogP contribution in [0.15, 0.2) is 22.8 Å². The van der Waals surface area contributed by atoms with Gasteiger partial charge in [-0.25, -0.2) is 0 Å². The second-order valence-electron chi connectivity index (χ2n) is 4.40. The highest BCUT2D eigenvalue weighted by atomic mass is 16.3. The van der Waals surface area contributed by atoms with Gasteiger partial charge >= 0.3 is 0 Å². The Kier molecular flexibility index (Phi) is 5.48. The van der Waals surface area contributed by atoms with Gasteiger partial charge in [-0.1, -0.05) is 26.7 Å². The van der Waals surface area contributed by atoms with E-state index in [4.69, 9.17) is 4.42 Å². The normalized spacial score (nSPS) is 15.1. The predicted molar refractivity (Wildman–Crippen MR) is 61.7 cm³/mol. The summed E-state index contributed by atoms with van der Waals surface area (Å²) in [5.41, 5.74) is 0. The van der Waals surface area contributed by atoms with Crippen molar-refractivity contribution in [3.05, 3.63) is 24.2 Å². The molecular weight excluding hydrogens is 188 g/mol. The first-order chi connectivity index (χ1) is 7.22. The third kappa shape index (κ3) is 5.03. The Bertz CT molecular complexity index is 241. The fraction of sp³-hybridized carbons (Fsp3) is 0.692. The molecule has 2 unspecified atom stereocenters. The standard InChI is InChI=1S/C13H22O2/c1-3-5-11(2)10-12(14)7-8-13-6-4-9-15-13/h4,6,9,11-12,14H,3,5,7-8,10H2,1-2H3. The molecule has 0 saturated carbocycles. The molecule has 0 fully saturated rings. The highest BCUT2D eigenvalue weighted by Crippen LogP contribution is 2.16. The van der Waals surface area contributed by atoms with Gasteiger partial charge in [0.1, 0.15) is 5.76 Å². The van der Waals surface area contributed by atoms with Crippen LogP contribution in [0.3, 0.4) is 0 Å². The van der Waals surface area contributed by atoms with Crippen LogP contribution >= 0.6 is 0 Å². The van der Waals surface area contributed by atoms with Crippen LogP contribution in [0.2, 0.25) is 0 Å². The third-order valence-corrected chi connectivity index (χ3v) is 2.76. The summed E-state index contributed by atoms with van der Waals surface area (Å²) in [6, 6.07) is 3.85. The van der Waals surface area contributed by atoms with Crippen LogP contribution in [0.25, 0.3) is 0 Å². The fourth-order valence-corrected chi connectivity index (χ4v) is 1.96. The van der Waals surface area contributed by atoms with Crippen LogP contribution < -0.4 is 0 Å². The second-order valence-corrected chi connectivity index (χ2v) is 4.40. The molecule has 86 valence electrons. The molecule has 0 spiro atoms. The Hall–Kier alpha value is -0.760. The van der Waals surface area contributed by atoms with Gasteiger partial charge in [-0.05, 0) is 30.9 Å². The molecule has 15 heavy (non-hydrogen) atoms. The van der Waals surface area contributed by atoms with Crippen LogP contribution in [0, 0.1) is 5.92 Å². The van der Waals surface area contributed by atoms with E-state index in [0.29, 0.717) is 5.92 Å². The van der Waals surface area contributed by atoms with E-state index in [2.05, 4.69) is 13.8 Å². The van der Waals surface area contributed by atoms with Crippen molar-refractivity contribution in [2.75, 3.05) is 0 Å². The van der Waals surface area contributed by atoms with Crippen molar-refractivity contribution >= 4 is 0 Å². The number of hydrogen-bond donors (Lipinski definition) is 1. The number of furan rings is 1. The lowest BCUT2D eigenvalue weighted by atomic mass is 9.96. The van der Waals surface area contributed by atoms with Crippen molar-refractivity contribution < 1.29 is 9.52 Å². The molecule has 1 heterocycles. The highest BCUT2D eigenvalue weighted by molar-refractivity contribution is 4.98. The molecule has 0 aliphatic rings. The maximum atomic E-state index is 9.80. The summed E-state index contributed by atoms with van der Waals surface area (Å²) < 4.78 is 5.23. The van der Waals surface area contributed by atoms with E-state index in [-0.39, 0.29) is 6.10 Å². The van der Waals surface area contributed by atoms with E-state index in [1.807, 2.05) is 12.1 Å². The van der Waals surface area contributed by atoms with Crippen LogP contribution in [-0.2, 0) is 6.42 Å². The van der Waals surface area contributed by atoms with Crippen LogP contribution in [-0.4, -0.2) is 11.2 Å². The van der Waals surface area contributed by atoms with Crippen molar-refractivity contribution in [3.8, 4) is 0 Å². The van der Waals surface area contributed by atoms with Gasteiger partial charge in [0.25, 0.3) is 0 Å². The van der Waals surface area contributed by atoms with Crippen LogP contribution in [0.5, 0.6) is 0 Å². The molecule has 1 aromatic heterocycles. The van der Waals surface area contributed by atoms with Crippen molar-refractivity contribution in [1.29, 1.82) is 0 Å². The third-order valence-electron chi connectivity index (χ3n) is 2.76. The lowest BCUT2D eigenvalue weighted by Gasteiger charge is -2.15. The first kappa shape index (κ1) is 12.3. The van der Waals surface area contributed by atoms with E-state index in [9.17, 15) is 5.11 Å². The van der Waals surface area contributed by atoms with Gasteiger partial charge < -0.3 is 9.52 Å². The molecular formula is C13H22O2. The van der Waals surface area contributed by atoms with E-state index >= 15 is 0 Å². The molecule has 1 rings (SSSR count). The lowest BCUT2D eigenvalue weighted by molar-refractivity contribution is 0.132. The van der Waals surface area contributed by atoms with E-state index < -0.39 is 0 Å². The van der Waals surface area contributed by atoms with E-state index in [1.54, 1.807) is 6.26 Å². The molecule has 0 aliphatic heterocycles. The Labute approximate surface area is 92.3 Å². The summed E-state index contributed by atoms with van der Waals surface area (Å²) in [6.45, 7) is 4.39. The van der Waals surface area contributed by atoms with E-state index in [1.165, 1.54) is 12.8 Å². The largest absolute Gasteiger partial charge is 0.469 e. The Balaban J connectivity index is 2.15. The highest BCUT2D eigenvalue weighted by Gasteiger charge is 2.10. The van der Waals surface area contributed by atoms with Gasteiger partial charge in [-0.2, -0.15) is 0 Å². The van der Waals surface area contributed by atoms with Gasteiger partial charge in [0.15, 0.2) is 0 Å². The molecule has 0 aromatic carbocycles. The Morgan fingerprint density at radius 2 is 2.20 bits per heavy atom. The summed E-state index contributed by atoms with van der Waals surface area (Å²) in [5.74, 6) is 1.60. The second kappa shape index (κ2) is 6.67.